The van der Waals surface area contributed by atoms with E-state index in [1.165, 1.54) is 0 Å². The van der Waals surface area contributed by atoms with Crippen molar-refractivity contribution in [3.63, 3.8) is 0 Å². The molecule has 1 saturated heterocycles. The molecule has 2 rings (SSSR count). The van der Waals surface area contributed by atoms with Crippen LogP contribution in [0.15, 0.2) is 24.3 Å². The molecule has 0 aliphatic carbocycles. The standard InChI is InChI=1S/C16H22ClN3O3/c1-2-23-16(22)20-11-9-19(10-12-20)8-7-15(21)18-14-6-4-3-5-13(14)17/h3-6H,2,7-12H2,1H3,(H,18,21). The van der Waals surface area contributed by atoms with Crippen LogP contribution in [0.2, 0.25) is 5.02 Å². The van der Waals surface area contributed by atoms with Crippen LogP contribution in [-0.4, -0.2) is 61.1 Å². The largest absolute Gasteiger partial charge is 0.450 e. The molecular formula is C16H22ClN3O3. The molecule has 1 aliphatic heterocycles. The summed E-state index contributed by atoms with van der Waals surface area (Å²) in [5, 5.41) is 3.34. The molecule has 1 aromatic rings. The predicted molar refractivity (Wildman–Crippen MR) is 89.7 cm³/mol. The number of ether oxygens (including phenoxy) is 1. The number of nitrogens with zero attached hydrogens (tertiary/aromatic N) is 2. The monoisotopic (exact) mass is 339 g/mol. The summed E-state index contributed by atoms with van der Waals surface area (Å²) in [7, 11) is 0. The Morgan fingerprint density at radius 3 is 2.57 bits per heavy atom. The Balaban J connectivity index is 1.70. The molecule has 0 radical (unpaired) electrons. The van der Waals surface area contributed by atoms with Gasteiger partial charge in [-0.25, -0.2) is 4.79 Å². The second-order valence-electron chi connectivity index (χ2n) is 5.31. The number of benzene rings is 1. The quantitative estimate of drug-likeness (QED) is 0.895. The maximum Gasteiger partial charge on any atom is 0.409 e. The van der Waals surface area contributed by atoms with E-state index in [4.69, 9.17) is 16.3 Å². The van der Waals surface area contributed by atoms with E-state index in [1.54, 1.807) is 24.0 Å². The molecule has 7 heteroatoms. The molecule has 0 spiro atoms. The van der Waals surface area contributed by atoms with Gasteiger partial charge in [0.05, 0.1) is 17.3 Å². The maximum absolute atomic E-state index is 12.0. The van der Waals surface area contributed by atoms with E-state index in [0.29, 0.717) is 43.4 Å². The van der Waals surface area contributed by atoms with Gasteiger partial charge in [0.2, 0.25) is 5.91 Å². The predicted octanol–water partition coefficient (Wildman–Crippen LogP) is 2.44. The van der Waals surface area contributed by atoms with E-state index >= 15 is 0 Å². The Bertz CT molecular complexity index is 545. The summed E-state index contributed by atoms with van der Waals surface area (Å²) in [6.45, 7) is 5.60. The van der Waals surface area contributed by atoms with Crippen LogP contribution in [0.3, 0.4) is 0 Å². The van der Waals surface area contributed by atoms with Crippen LogP contribution in [-0.2, 0) is 9.53 Å². The fourth-order valence-electron chi connectivity index (χ4n) is 2.40. The van der Waals surface area contributed by atoms with Crippen LogP contribution in [0.25, 0.3) is 0 Å². The number of nitrogens with one attached hydrogen (secondary N) is 1. The van der Waals surface area contributed by atoms with Gasteiger partial charge < -0.3 is 15.0 Å². The maximum atomic E-state index is 12.0. The number of hydrogen-bond donors (Lipinski definition) is 1. The topological polar surface area (TPSA) is 61.9 Å². The lowest BCUT2D eigenvalue weighted by Crippen LogP contribution is -2.49. The number of rotatable bonds is 5. The zero-order valence-corrected chi connectivity index (χ0v) is 14.0. The third-order valence-corrected chi connectivity index (χ3v) is 4.03. The van der Waals surface area contributed by atoms with Crippen molar-refractivity contribution in [3.8, 4) is 0 Å². The Morgan fingerprint density at radius 1 is 1.22 bits per heavy atom. The lowest BCUT2D eigenvalue weighted by Gasteiger charge is -2.33. The summed E-state index contributed by atoms with van der Waals surface area (Å²) < 4.78 is 4.98. The van der Waals surface area contributed by atoms with Crippen LogP contribution in [0.5, 0.6) is 0 Å². The molecule has 0 atom stereocenters. The third kappa shape index (κ3) is 5.41. The van der Waals surface area contributed by atoms with E-state index in [2.05, 4.69) is 10.2 Å². The van der Waals surface area contributed by atoms with E-state index in [9.17, 15) is 9.59 Å². The van der Waals surface area contributed by atoms with E-state index in [1.807, 2.05) is 12.1 Å². The van der Waals surface area contributed by atoms with Gasteiger partial charge in [-0.05, 0) is 19.1 Å². The van der Waals surface area contributed by atoms with Crippen molar-refractivity contribution in [1.29, 1.82) is 0 Å². The highest BCUT2D eigenvalue weighted by molar-refractivity contribution is 6.33. The summed E-state index contributed by atoms with van der Waals surface area (Å²) in [6.07, 6.45) is 0.133. The van der Waals surface area contributed by atoms with Gasteiger partial charge in [0, 0.05) is 39.1 Å². The van der Waals surface area contributed by atoms with Crippen molar-refractivity contribution in [2.45, 2.75) is 13.3 Å². The molecule has 23 heavy (non-hydrogen) atoms. The summed E-state index contributed by atoms with van der Waals surface area (Å²) in [5.41, 5.74) is 0.631. The van der Waals surface area contributed by atoms with Crippen molar-refractivity contribution < 1.29 is 14.3 Å². The highest BCUT2D eigenvalue weighted by Gasteiger charge is 2.22. The minimum Gasteiger partial charge on any atom is -0.450 e. The minimum atomic E-state index is -0.261. The summed E-state index contributed by atoms with van der Waals surface area (Å²) in [6, 6.07) is 7.17. The summed E-state index contributed by atoms with van der Waals surface area (Å²) in [5.74, 6) is -0.0640. The zero-order valence-electron chi connectivity index (χ0n) is 13.3. The second kappa shape index (κ2) is 8.74. The number of halogens is 1. The first kappa shape index (κ1) is 17.6. The highest BCUT2D eigenvalue weighted by atomic mass is 35.5. The van der Waals surface area contributed by atoms with Crippen LogP contribution in [0, 0.1) is 0 Å². The van der Waals surface area contributed by atoms with Crippen LogP contribution in [0.1, 0.15) is 13.3 Å². The molecule has 0 unspecified atom stereocenters. The van der Waals surface area contributed by atoms with E-state index < -0.39 is 0 Å². The molecule has 1 heterocycles. The van der Waals surface area contributed by atoms with Crippen LogP contribution in [0.4, 0.5) is 10.5 Å². The molecule has 0 saturated carbocycles. The molecule has 1 N–H and O–H groups in total. The Labute approximate surface area is 141 Å². The van der Waals surface area contributed by atoms with Gasteiger partial charge >= 0.3 is 6.09 Å². The minimum absolute atomic E-state index is 0.0640. The van der Waals surface area contributed by atoms with Crippen molar-refractivity contribution in [1.82, 2.24) is 9.80 Å². The van der Waals surface area contributed by atoms with Gasteiger partial charge in [-0.1, -0.05) is 23.7 Å². The lowest BCUT2D eigenvalue weighted by atomic mass is 10.2. The number of anilines is 1. The van der Waals surface area contributed by atoms with Gasteiger partial charge in [0.15, 0.2) is 0 Å². The molecule has 0 bridgehead atoms. The Kier molecular flexibility index (Phi) is 6.67. The van der Waals surface area contributed by atoms with Crippen molar-refractivity contribution >= 4 is 29.3 Å². The molecule has 126 valence electrons. The van der Waals surface area contributed by atoms with Gasteiger partial charge in [-0.3, -0.25) is 9.69 Å². The summed E-state index contributed by atoms with van der Waals surface area (Å²) in [4.78, 5) is 27.5. The molecule has 2 amide bonds. The SMILES string of the molecule is CCOC(=O)N1CCN(CCC(=O)Nc2ccccc2Cl)CC1. The first-order valence-electron chi connectivity index (χ1n) is 7.78. The molecule has 1 fully saturated rings. The number of piperazine rings is 1. The average molecular weight is 340 g/mol. The Morgan fingerprint density at radius 2 is 1.91 bits per heavy atom. The fraction of sp³-hybridized carbons (Fsp3) is 0.500. The molecule has 6 nitrogen and oxygen atoms in total. The first-order valence-corrected chi connectivity index (χ1v) is 8.16. The van der Waals surface area contributed by atoms with Gasteiger partial charge in [-0.15, -0.1) is 0 Å². The number of amides is 2. The third-order valence-electron chi connectivity index (χ3n) is 3.70. The first-order chi connectivity index (χ1) is 11.1. The average Bonchev–Trinajstić information content (AvgIpc) is 2.56. The lowest BCUT2D eigenvalue weighted by molar-refractivity contribution is -0.116. The van der Waals surface area contributed by atoms with E-state index in [-0.39, 0.29) is 12.0 Å². The van der Waals surface area contributed by atoms with E-state index in [0.717, 1.165) is 13.1 Å². The zero-order chi connectivity index (χ0) is 16.7. The van der Waals surface area contributed by atoms with Crippen LogP contribution >= 0.6 is 11.6 Å². The molecule has 0 aromatic heterocycles. The normalized spacial score (nSPS) is 15.3. The smallest absolute Gasteiger partial charge is 0.409 e. The van der Waals surface area contributed by atoms with Crippen molar-refractivity contribution in [2.75, 3.05) is 44.6 Å². The fourth-order valence-corrected chi connectivity index (χ4v) is 2.59. The molecular weight excluding hydrogens is 318 g/mol. The molecule has 1 aliphatic rings. The van der Waals surface area contributed by atoms with Crippen molar-refractivity contribution in [2.24, 2.45) is 0 Å². The number of carbonyl (C=O) groups excluding carboxylic acids is 2. The molecule has 1 aromatic carbocycles. The summed E-state index contributed by atoms with van der Waals surface area (Å²) >= 11 is 6.01. The van der Waals surface area contributed by atoms with Gasteiger partial charge in [-0.2, -0.15) is 0 Å². The van der Waals surface area contributed by atoms with Crippen molar-refractivity contribution in [3.05, 3.63) is 29.3 Å². The van der Waals surface area contributed by atoms with Crippen LogP contribution < -0.4 is 5.32 Å². The van der Waals surface area contributed by atoms with Gasteiger partial charge in [0.1, 0.15) is 0 Å². The van der Waals surface area contributed by atoms with Gasteiger partial charge in [0.25, 0.3) is 0 Å². The second-order valence-corrected chi connectivity index (χ2v) is 5.71. The Hall–Kier alpha value is -1.79. The number of para-hydroxylation sites is 1. The number of carbonyl (C=O) groups is 2. The highest BCUT2D eigenvalue weighted by Crippen LogP contribution is 2.20. The number of hydrogen-bond acceptors (Lipinski definition) is 4.